The highest BCUT2D eigenvalue weighted by Crippen LogP contribution is 2.29. The minimum absolute atomic E-state index is 0.451. The fourth-order valence-electron chi connectivity index (χ4n) is 4.25. The molecule has 2 aliphatic heterocycles. The van der Waals surface area contributed by atoms with Crippen LogP contribution in [-0.2, 0) is 17.7 Å². The van der Waals surface area contributed by atoms with Gasteiger partial charge in [-0.25, -0.2) is 0 Å². The summed E-state index contributed by atoms with van der Waals surface area (Å²) in [7, 11) is 0. The number of aliphatic hydroxyl groups is 4. The van der Waals surface area contributed by atoms with Gasteiger partial charge in [-0.3, -0.25) is 14.7 Å². The van der Waals surface area contributed by atoms with E-state index >= 15 is 0 Å². The van der Waals surface area contributed by atoms with Crippen molar-refractivity contribution < 1.29 is 30.0 Å². The van der Waals surface area contributed by atoms with Gasteiger partial charge in [-0.15, -0.1) is 0 Å². The number of likely N-dealkylation sites (N-methyl/N-ethyl adjacent to an activating group) is 1. The number of ether oxygens (including phenoxy) is 1. The SMILES string of the molecule is CCN1CCc2nc3ccccc3c(C(=O)NC3C(O)O[C@H](CO)C(O)[C@@H]3O)c2C1. The molecule has 1 amide bonds. The van der Waals surface area contributed by atoms with Gasteiger partial charge < -0.3 is 30.5 Å². The summed E-state index contributed by atoms with van der Waals surface area (Å²) in [5.41, 5.74) is 2.85. The van der Waals surface area contributed by atoms with Gasteiger partial charge in [0, 0.05) is 36.2 Å². The molecule has 0 spiro atoms. The van der Waals surface area contributed by atoms with Crippen LogP contribution in [-0.4, -0.2) is 86.6 Å². The van der Waals surface area contributed by atoms with E-state index in [-0.39, 0.29) is 0 Å². The number of amides is 1. The zero-order valence-electron chi connectivity index (χ0n) is 16.7. The number of hydrogen-bond acceptors (Lipinski definition) is 8. The quantitative estimate of drug-likeness (QED) is 0.434. The molecule has 5 atom stereocenters. The van der Waals surface area contributed by atoms with Gasteiger partial charge in [0.25, 0.3) is 5.91 Å². The summed E-state index contributed by atoms with van der Waals surface area (Å²) in [5, 5.41) is 43.3. The van der Waals surface area contributed by atoms with E-state index in [1.807, 2.05) is 24.3 Å². The van der Waals surface area contributed by atoms with Gasteiger partial charge in [0.05, 0.1) is 17.7 Å². The van der Waals surface area contributed by atoms with Crippen molar-refractivity contribution in [3.05, 3.63) is 41.1 Å². The lowest BCUT2D eigenvalue weighted by molar-refractivity contribution is -0.252. The number of hydrogen-bond donors (Lipinski definition) is 5. The first-order valence-electron chi connectivity index (χ1n) is 10.2. The van der Waals surface area contributed by atoms with E-state index in [2.05, 4.69) is 17.1 Å². The smallest absolute Gasteiger partial charge is 0.252 e. The first-order valence-corrected chi connectivity index (χ1v) is 10.2. The average molecular weight is 417 g/mol. The molecule has 4 rings (SSSR count). The molecule has 1 fully saturated rings. The highest BCUT2D eigenvalue weighted by Gasteiger charge is 2.44. The number of fused-ring (bicyclic) bond motifs is 2. The molecule has 3 heterocycles. The van der Waals surface area contributed by atoms with Crippen LogP contribution in [0.15, 0.2) is 24.3 Å². The molecule has 9 heteroatoms. The largest absolute Gasteiger partial charge is 0.394 e. The summed E-state index contributed by atoms with van der Waals surface area (Å²) in [5.74, 6) is -0.482. The number of rotatable bonds is 4. The van der Waals surface area contributed by atoms with Crippen molar-refractivity contribution in [3.8, 4) is 0 Å². The maximum Gasteiger partial charge on any atom is 0.252 e. The number of nitrogens with one attached hydrogen (secondary N) is 1. The topological polar surface area (TPSA) is 135 Å². The van der Waals surface area contributed by atoms with Gasteiger partial charge in [0.2, 0.25) is 0 Å². The Labute approximate surface area is 173 Å². The van der Waals surface area contributed by atoms with Gasteiger partial charge >= 0.3 is 0 Å². The molecule has 2 aromatic rings. The Morgan fingerprint density at radius 3 is 2.77 bits per heavy atom. The molecule has 0 aliphatic carbocycles. The molecule has 0 saturated carbocycles. The van der Waals surface area contributed by atoms with Crippen LogP contribution in [0.3, 0.4) is 0 Å². The maximum absolute atomic E-state index is 13.4. The molecule has 30 heavy (non-hydrogen) atoms. The second-order valence-corrected chi connectivity index (χ2v) is 7.78. The van der Waals surface area contributed by atoms with E-state index < -0.39 is 43.2 Å². The van der Waals surface area contributed by atoms with Crippen LogP contribution < -0.4 is 5.32 Å². The molecule has 5 N–H and O–H groups in total. The van der Waals surface area contributed by atoms with Crippen molar-refractivity contribution in [1.29, 1.82) is 0 Å². The molecule has 0 radical (unpaired) electrons. The number of aromatic nitrogens is 1. The number of benzene rings is 1. The number of aliphatic hydroxyl groups excluding tert-OH is 4. The fraction of sp³-hybridized carbons (Fsp3) is 0.524. The zero-order valence-corrected chi connectivity index (χ0v) is 16.7. The fourth-order valence-corrected chi connectivity index (χ4v) is 4.25. The van der Waals surface area contributed by atoms with E-state index in [0.717, 1.165) is 30.8 Å². The molecule has 3 unspecified atom stereocenters. The summed E-state index contributed by atoms with van der Waals surface area (Å²) in [6.07, 6.45) is -4.91. The van der Waals surface area contributed by atoms with Crippen molar-refractivity contribution >= 4 is 16.8 Å². The third-order valence-electron chi connectivity index (χ3n) is 6.00. The van der Waals surface area contributed by atoms with E-state index in [4.69, 9.17) is 9.72 Å². The number of nitrogens with zero attached hydrogens (tertiary/aromatic N) is 2. The Bertz CT molecular complexity index is 938. The molecule has 1 aromatic heterocycles. The van der Waals surface area contributed by atoms with Crippen molar-refractivity contribution in [3.63, 3.8) is 0 Å². The van der Waals surface area contributed by atoms with E-state index in [1.54, 1.807) is 0 Å². The Morgan fingerprint density at radius 2 is 2.03 bits per heavy atom. The summed E-state index contributed by atoms with van der Waals surface area (Å²) >= 11 is 0. The third kappa shape index (κ3) is 3.68. The first kappa shape index (κ1) is 21.1. The predicted molar refractivity (Wildman–Crippen MR) is 108 cm³/mol. The number of carbonyl (C=O) groups is 1. The summed E-state index contributed by atoms with van der Waals surface area (Å²) < 4.78 is 5.16. The number of pyridine rings is 1. The normalized spacial score (nSPS) is 29.6. The molecule has 1 saturated heterocycles. The van der Waals surface area contributed by atoms with Crippen LogP contribution in [0, 0.1) is 0 Å². The van der Waals surface area contributed by atoms with Crippen molar-refractivity contribution in [2.45, 2.75) is 50.5 Å². The van der Waals surface area contributed by atoms with Crippen molar-refractivity contribution in [2.75, 3.05) is 19.7 Å². The Kier molecular flexibility index (Phi) is 6.01. The lowest BCUT2D eigenvalue weighted by Gasteiger charge is -2.40. The predicted octanol–water partition coefficient (Wildman–Crippen LogP) is -0.857. The molecule has 162 valence electrons. The number of para-hydroxylation sites is 1. The zero-order chi connectivity index (χ0) is 21.4. The lowest BCUT2D eigenvalue weighted by Crippen LogP contribution is -2.64. The third-order valence-corrected chi connectivity index (χ3v) is 6.00. The van der Waals surface area contributed by atoms with E-state index in [0.29, 0.717) is 23.0 Å². The van der Waals surface area contributed by atoms with Gasteiger partial charge in [-0.2, -0.15) is 0 Å². The van der Waals surface area contributed by atoms with Gasteiger partial charge in [-0.1, -0.05) is 25.1 Å². The van der Waals surface area contributed by atoms with Gasteiger partial charge in [0.1, 0.15) is 24.4 Å². The standard InChI is InChI=1S/C21H27N3O6/c1-2-24-8-7-14-12(9-24)16(11-5-3-4-6-13(11)22-14)20(28)23-17-19(27)18(26)15(10-25)30-21(17)29/h3-6,15,17-19,21,25-27,29H,2,7-10H2,1H3,(H,23,28)/t15-,17?,18?,19-,21?/m1/s1. The van der Waals surface area contributed by atoms with Gasteiger partial charge in [0.15, 0.2) is 6.29 Å². The summed E-state index contributed by atoms with van der Waals surface area (Å²) in [4.78, 5) is 20.3. The summed E-state index contributed by atoms with van der Waals surface area (Å²) in [6, 6.07) is 6.11. The van der Waals surface area contributed by atoms with Crippen molar-refractivity contribution in [2.24, 2.45) is 0 Å². The minimum Gasteiger partial charge on any atom is -0.394 e. The summed E-state index contributed by atoms with van der Waals surface area (Å²) in [6.45, 7) is 3.78. The van der Waals surface area contributed by atoms with E-state index in [9.17, 15) is 25.2 Å². The lowest BCUT2D eigenvalue weighted by atomic mass is 9.93. The van der Waals surface area contributed by atoms with Crippen LogP contribution in [0.2, 0.25) is 0 Å². The minimum atomic E-state index is -1.57. The van der Waals surface area contributed by atoms with Gasteiger partial charge in [-0.05, 0) is 12.6 Å². The molecule has 0 bridgehead atoms. The van der Waals surface area contributed by atoms with E-state index in [1.165, 1.54) is 0 Å². The maximum atomic E-state index is 13.4. The molecular weight excluding hydrogens is 390 g/mol. The van der Waals surface area contributed by atoms with Crippen LogP contribution in [0.5, 0.6) is 0 Å². The highest BCUT2D eigenvalue weighted by atomic mass is 16.6. The Morgan fingerprint density at radius 1 is 1.27 bits per heavy atom. The molecule has 1 aromatic carbocycles. The Balaban J connectivity index is 1.71. The average Bonchev–Trinajstić information content (AvgIpc) is 2.76. The van der Waals surface area contributed by atoms with Crippen LogP contribution in [0.1, 0.15) is 28.5 Å². The molecular formula is C21H27N3O6. The van der Waals surface area contributed by atoms with Crippen molar-refractivity contribution in [1.82, 2.24) is 15.2 Å². The second kappa shape index (κ2) is 8.54. The number of carbonyl (C=O) groups excluding carboxylic acids is 1. The highest BCUT2D eigenvalue weighted by molar-refractivity contribution is 6.07. The first-order chi connectivity index (χ1) is 14.4. The van der Waals surface area contributed by atoms with Crippen LogP contribution in [0.4, 0.5) is 0 Å². The molecule has 2 aliphatic rings. The van der Waals surface area contributed by atoms with Crippen LogP contribution >= 0.6 is 0 Å². The monoisotopic (exact) mass is 417 g/mol. The second-order valence-electron chi connectivity index (χ2n) is 7.78. The van der Waals surface area contributed by atoms with Crippen LogP contribution in [0.25, 0.3) is 10.9 Å². The Hall–Kier alpha value is -2.14. The molecule has 9 nitrogen and oxygen atoms in total.